The van der Waals surface area contributed by atoms with Crippen LogP contribution in [0.2, 0.25) is 0 Å². The minimum absolute atomic E-state index is 0.867. The van der Waals surface area contributed by atoms with Crippen molar-refractivity contribution in [1.82, 2.24) is 0 Å². The minimum Gasteiger partial charge on any atom is -0.400 e. The number of nitrogens with two attached hydrogens (primary N) is 2. The molecule has 0 heterocycles. The summed E-state index contributed by atoms with van der Waals surface area (Å²) < 4.78 is 155. The van der Waals surface area contributed by atoms with Crippen molar-refractivity contribution >= 4 is 0 Å². The van der Waals surface area contributed by atoms with Gasteiger partial charge in [-0.25, -0.2) is 0 Å². The summed E-state index contributed by atoms with van der Waals surface area (Å²) >= 11 is 0. The zero-order valence-corrected chi connectivity index (χ0v) is 12.9. The summed E-state index contributed by atoms with van der Waals surface area (Å²) in [6.45, 7) is 0. The van der Waals surface area contributed by atoms with Crippen LogP contribution in [0, 0.1) is 5.92 Å². The smallest absolute Gasteiger partial charge is 0.400 e. The van der Waals surface area contributed by atoms with Gasteiger partial charge in [0, 0.05) is 17.2 Å². The molecule has 28 heavy (non-hydrogen) atoms. The maximum Gasteiger partial charge on any atom is 0.430 e. The molecule has 0 aromatic carbocycles. The number of aliphatic hydroxyl groups is 2. The Labute approximate surface area is 147 Å². The Kier molecular flexibility index (Phi) is 5.47. The van der Waals surface area contributed by atoms with Crippen LogP contribution < -0.4 is 11.5 Å². The Morgan fingerprint density at radius 3 is 1.36 bits per heavy atom. The highest BCUT2D eigenvalue weighted by atomic mass is 19.4. The maximum atomic E-state index is 12.9. The van der Waals surface area contributed by atoms with Gasteiger partial charge in [-0.3, -0.25) is 0 Å². The van der Waals surface area contributed by atoms with E-state index in [-0.39, 0.29) is 0 Å². The zero-order valence-electron chi connectivity index (χ0n) is 12.9. The summed E-state index contributed by atoms with van der Waals surface area (Å²) in [6, 6.07) is 0. The molecule has 0 aromatic heterocycles. The molecule has 16 heteroatoms. The van der Waals surface area contributed by atoms with Crippen LogP contribution in [0.3, 0.4) is 0 Å². The second-order valence-electron chi connectivity index (χ2n) is 5.80. The normalized spacial score (nSPS) is 21.1. The van der Waals surface area contributed by atoms with Gasteiger partial charge in [-0.15, -0.1) is 0 Å². The summed E-state index contributed by atoms with van der Waals surface area (Å²) in [4.78, 5) is 0. The first-order valence-corrected chi connectivity index (χ1v) is 6.71. The molecular formula is C12H10F12N2O2. The quantitative estimate of drug-likeness (QED) is 0.495. The second kappa shape index (κ2) is 6.33. The molecule has 0 aromatic rings. The molecule has 0 radical (unpaired) electrons. The summed E-state index contributed by atoms with van der Waals surface area (Å²) in [5.74, 6) is -3.51. The molecule has 4 nitrogen and oxygen atoms in total. The third-order valence-corrected chi connectivity index (χ3v) is 4.06. The molecule has 0 amide bonds. The van der Waals surface area contributed by atoms with Crippen LogP contribution in [0.1, 0.15) is 6.42 Å². The lowest BCUT2D eigenvalue weighted by atomic mass is 9.74. The lowest BCUT2D eigenvalue weighted by Gasteiger charge is -2.42. The predicted octanol–water partition coefficient (Wildman–Crippen LogP) is 2.77. The van der Waals surface area contributed by atoms with Crippen molar-refractivity contribution in [3.63, 3.8) is 0 Å². The van der Waals surface area contributed by atoms with Gasteiger partial charge in [-0.1, -0.05) is 6.08 Å². The number of allylic oxidation sites excluding steroid dienone is 1. The van der Waals surface area contributed by atoms with Crippen LogP contribution in [0.5, 0.6) is 0 Å². The highest BCUT2D eigenvalue weighted by Crippen LogP contribution is 2.55. The molecule has 0 spiro atoms. The predicted molar refractivity (Wildman–Crippen MR) is 65.7 cm³/mol. The Morgan fingerprint density at radius 1 is 0.714 bits per heavy atom. The third kappa shape index (κ3) is 3.35. The van der Waals surface area contributed by atoms with Crippen LogP contribution in [-0.2, 0) is 0 Å². The molecule has 1 unspecified atom stereocenters. The van der Waals surface area contributed by atoms with E-state index in [1.54, 1.807) is 0 Å². The van der Waals surface area contributed by atoms with Gasteiger partial charge in [0.05, 0.1) is 5.70 Å². The zero-order chi connectivity index (χ0) is 22.7. The van der Waals surface area contributed by atoms with E-state index >= 15 is 0 Å². The molecule has 0 fully saturated rings. The summed E-state index contributed by atoms with van der Waals surface area (Å²) in [6.07, 6.45) is -29.1. The monoisotopic (exact) mass is 442 g/mol. The van der Waals surface area contributed by atoms with E-state index in [1.807, 2.05) is 0 Å². The molecule has 0 saturated heterocycles. The first-order valence-electron chi connectivity index (χ1n) is 6.71. The van der Waals surface area contributed by atoms with Crippen molar-refractivity contribution in [1.29, 1.82) is 0 Å². The fourth-order valence-electron chi connectivity index (χ4n) is 2.50. The van der Waals surface area contributed by atoms with Crippen molar-refractivity contribution in [2.75, 3.05) is 0 Å². The number of rotatable bonds is 2. The fourth-order valence-corrected chi connectivity index (χ4v) is 2.50. The van der Waals surface area contributed by atoms with Crippen LogP contribution in [0.4, 0.5) is 52.7 Å². The van der Waals surface area contributed by atoms with Gasteiger partial charge in [-0.2, -0.15) is 52.7 Å². The molecule has 6 N–H and O–H groups in total. The summed E-state index contributed by atoms with van der Waals surface area (Å²) in [5.41, 5.74) is -7.66. The lowest BCUT2D eigenvalue weighted by Crippen LogP contribution is -2.63. The second-order valence-corrected chi connectivity index (χ2v) is 5.80. The highest BCUT2D eigenvalue weighted by molar-refractivity contribution is 5.46. The first-order chi connectivity index (χ1) is 12.0. The minimum atomic E-state index is -6.67. The van der Waals surface area contributed by atoms with Crippen molar-refractivity contribution in [3.05, 3.63) is 23.0 Å². The molecule has 1 rings (SSSR count). The van der Waals surface area contributed by atoms with Crippen LogP contribution in [-0.4, -0.2) is 46.1 Å². The van der Waals surface area contributed by atoms with Gasteiger partial charge < -0.3 is 21.7 Å². The van der Waals surface area contributed by atoms with Crippen molar-refractivity contribution < 1.29 is 62.9 Å². The van der Waals surface area contributed by atoms with Crippen molar-refractivity contribution in [3.8, 4) is 0 Å². The van der Waals surface area contributed by atoms with E-state index in [1.165, 1.54) is 0 Å². The van der Waals surface area contributed by atoms with Gasteiger partial charge in [-0.05, 0) is 6.42 Å². The van der Waals surface area contributed by atoms with Gasteiger partial charge in [0.15, 0.2) is 0 Å². The largest absolute Gasteiger partial charge is 0.430 e. The van der Waals surface area contributed by atoms with E-state index in [2.05, 4.69) is 0 Å². The number of alkyl halides is 12. The topological polar surface area (TPSA) is 92.5 Å². The molecule has 164 valence electrons. The Bertz CT molecular complexity index is 655. The number of hydrogen-bond acceptors (Lipinski definition) is 4. The maximum absolute atomic E-state index is 12.9. The van der Waals surface area contributed by atoms with Gasteiger partial charge in [0.1, 0.15) is 0 Å². The van der Waals surface area contributed by atoms with Crippen LogP contribution in [0.25, 0.3) is 0 Å². The van der Waals surface area contributed by atoms with Gasteiger partial charge in [0.25, 0.3) is 11.2 Å². The van der Waals surface area contributed by atoms with E-state index in [9.17, 15) is 62.9 Å². The number of hydrogen-bond donors (Lipinski definition) is 4. The van der Waals surface area contributed by atoms with E-state index in [0.29, 0.717) is 0 Å². The number of halogens is 12. The molecule has 1 aliphatic carbocycles. The molecule has 0 bridgehead atoms. The van der Waals surface area contributed by atoms with E-state index < -0.39 is 71.3 Å². The fraction of sp³-hybridized carbons (Fsp3) is 0.667. The van der Waals surface area contributed by atoms with Crippen LogP contribution >= 0.6 is 0 Å². The first kappa shape index (κ1) is 24.2. The third-order valence-electron chi connectivity index (χ3n) is 4.06. The van der Waals surface area contributed by atoms with E-state index in [4.69, 9.17) is 11.5 Å². The van der Waals surface area contributed by atoms with E-state index in [0.717, 1.165) is 0 Å². The SMILES string of the molecule is NC1=C(N)C(C(O)(C(F)(F)F)C(F)(F)F)=CC(C(O)(C(F)(F)F)C(F)(F)F)C1. The molecule has 1 atom stereocenters. The van der Waals surface area contributed by atoms with Crippen molar-refractivity contribution in [2.24, 2.45) is 17.4 Å². The van der Waals surface area contributed by atoms with Crippen molar-refractivity contribution in [2.45, 2.75) is 42.3 Å². The molecule has 0 aliphatic heterocycles. The standard InChI is InChI=1S/C12H10F12N2O2/c13-9(14,15)7(27,10(16,17)18)3-1-4(6(26)5(25)2-3)8(28,11(19,20)21)12(22,23)24/h1,3,27-28H,2,25-26H2. The molecular weight excluding hydrogens is 432 g/mol. The average molecular weight is 442 g/mol. The molecule has 0 saturated carbocycles. The summed E-state index contributed by atoms with van der Waals surface area (Å²) in [7, 11) is 0. The van der Waals surface area contributed by atoms with Gasteiger partial charge >= 0.3 is 24.7 Å². The van der Waals surface area contributed by atoms with Crippen LogP contribution in [0.15, 0.2) is 23.0 Å². The highest BCUT2D eigenvalue weighted by Gasteiger charge is 2.76. The summed E-state index contributed by atoms with van der Waals surface area (Å²) in [5, 5.41) is 18.5. The Hall–Kier alpha value is -1.84. The Balaban J connectivity index is 3.87. The average Bonchev–Trinajstić information content (AvgIpc) is 2.43. The lowest BCUT2D eigenvalue weighted by molar-refractivity contribution is -0.380. The Morgan fingerprint density at radius 2 is 1.07 bits per heavy atom. The van der Waals surface area contributed by atoms with Gasteiger partial charge in [0.2, 0.25) is 0 Å². The molecule has 1 aliphatic rings.